The second-order valence-corrected chi connectivity index (χ2v) is 5.40. The van der Waals surface area contributed by atoms with Gasteiger partial charge >= 0.3 is 0 Å². The number of nitrogens with one attached hydrogen (secondary N) is 1. The molecule has 1 aromatic carbocycles. The van der Waals surface area contributed by atoms with Crippen molar-refractivity contribution in [2.24, 2.45) is 0 Å². The molecule has 4 heteroatoms. The van der Waals surface area contributed by atoms with E-state index in [1.54, 1.807) is 7.11 Å². The molecular formula is C16H25NO3. The first-order chi connectivity index (χ1) is 9.78. The molecule has 112 valence electrons. The van der Waals surface area contributed by atoms with Gasteiger partial charge < -0.3 is 19.9 Å². The first-order valence-corrected chi connectivity index (χ1v) is 7.38. The van der Waals surface area contributed by atoms with Crippen molar-refractivity contribution in [2.45, 2.75) is 44.4 Å². The molecule has 0 unspecified atom stereocenters. The Kier molecular flexibility index (Phi) is 6.30. The van der Waals surface area contributed by atoms with Crippen LogP contribution in [0.4, 0.5) is 5.69 Å². The van der Waals surface area contributed by atoms with Crippen LogP contribution in [0.15, 0.2) is 24.3 Å². The van der Waals surface area contributed by atoms with Crippen molar-refractivity contribution in [3.05, 3.63) is 29.8 Å². The zero-order valence-corrected chi connectivity index (χ0v) is 12.2. The van der Waals surface area contributed by atoms with E-state index in [1.807, 2.05) is 0 Å². The number of methoxy groups -OCH3 is 1. The molecular weight excluding hydrogens is 254 g/mol. The van der Waals surface area contributed by atoms with Crippen molar-refractivity contribution >= 4 is 5.69 Å². The maximum Gasteiger partial charge on any atom is 0.0718 e. The standard InChI is InChI=1S/C16H25NO3/c1-19-9-10-20-12-13-3-2-4-15(11-13)17-14-5-7-16(18)8-6-14/h2-4,11,14,16-18H,5-10,12H2,1H3. The molecule has 0 bridgehead atoms. The van der Waals surface area contributed by atoms with Crippen LogP contribution in [0.5, 0.6) is 0 Å². The first kappa shape index (κ1) is 15.3. The predicted molar refractivity (Wildman–Crippen MR) is 79.9 cm³/mol. The molecule has 0 heterocycles. The molecule has 4 nitrogen and oxygen atoms in total. The molecule has 0 amide bonds. The van der Waals surface area contributed by atoms with Crippen molar-refractivity contribution < 1.29 is 14.6 Å². The van der Waals surface area contributed by atoms with Crippen molar-refractivity contribution in [3.8, 4) is 0 Å². The maximum absolute atomic E-state index is 9.52. The van der Waals surface area contributed by atoms with Gasteiger partial charge in [-0.1, -0.05) is 12.1 Å². The van der Waals surface area contributed by atoms with Gasteiger partial charge in [-0.2, -0.15) is 0 Å². The fourth-order valence-corrected chi connectivity index (χ4v) is 2.54. The summed E-state index contributed by atoms with van der Waals surface area (Å²) in [6.07, 6.45) is 3.77. The third-order valence-electron chi connectivity index (χ3n) is 3.70. The lowest BCUT2D eigenvalue weighted by Gasteiger charge is -2.27. The normalized spacial score (nSPS) is 22.7. The lowest BCUT2D eigenvalue weighted by Crippen LogP contribution is -2.28. The molecule has 0 saturated heterocycles. The third kappa shape index (κ3) is 5.12. The van der Waals surface area contributed by atoms with Gasteiger partial charge in [0, 0.05) is 18.8 Å². The summed E-state index contributed by atoms with van der Waals surface area (Å²) in [5.74, 6) is 0. The number of benzene rings is 1. The van der Waals surface area contributed by atoms with Crippen LogP contribution in [-0.4, -0.2) is 37.6 Å². The molecule has 0 radical (unpaired) electrons. The SMILES string of the molecule is COCCOCc1cccc(NC2CCC(O)CC2)c1. The lowest BCUT2D eigenvalue weighted by molar-refractivity contribution is 0.0617. The van der Waals surface area contributed by atoms with E-state index in [9.17, 15) is 5.11 Å². The number of ether oxygens (including phenoxy) is 2. The van der Waals surface area contributed by atoms with Gasteiger partial charge in [-0.05, 0) is 43.4 Å². The highest BCUT2D eigenvalue weighted by Gasteiger charge is 2.18. The van der Waals surface area contributed by atoms with Crippen molar-refractivity contribution in [3.63, 3.8) is 0 Å². The number of hydrogen-bond donors (Lipinski definition) is 2. The Balaban J connectivity index is 1.79. The predicted octanol–water partition coefficient (Wildman–Crippen LogP) is 2.57. The lowest BCUT2D eigenvalue weighted by atomic mass is 9.93. The molecule has 1 aromatic rings. The van der Waals surface area contributed by atoms with Crippen LogP contribution in [-0.2, 0) is 16.1 Å². The highest BCUT2D eigenvalue weighted by atomic mass is 16.5. The van der Waals surface area contributed by atoms with Crippen molar-refractivity contribution in [1.82, 2.24) is 0 Å². The molecule has 0 aromatic heterocycles. The Labute approximate surface area is 121 Å². The van der Waals surface area contributed by atoms with Crippen LogP contribution in [0.3, 0.4) is 0 Å². The largest absolute Gasteiger partial charge is 0.393 e. The Hall–Kier alpha value is -1.10. The number of rotatable bonds is 7. The fraction of sp³-hybridized carbons (Fsp3) is 0.625. The quantitative estimate of drug-likeness (QED) is 0.753. The second kappa shape index (κ2) is 8.25. The van der Waals surface area contributed by atoms with E-state index in [-0.39, 0.29) is 6.10 Å². The van der Waals surface area contributed by atoms with Crippen LogP contribution in [0, 0.1) is 0 Å². The van der Waals surface area contributed by atoms with Crippen molar-refractivity contribution in [1.29, 1.82) is 0 Å². The van der Waals surface area contributed by atoms with Crippen LogP contribution < -0.4 is 5.32 Å². The minimum Gasteiger partial charge on any atom is -0.393 e. The fourth-order valence-electron chi connectivity index (χ4n) is 2.54. The van der Waals surface area contributed by atoms with E-state index in [1.165, 1.54) is 5.56 Å². The van der Waals surface area contributed by atoms with Gasteiger partial charge in [0.1, 0.15) is 0 Å². The van der Waals surface area contributed by atoms with E-state index in [4.69, 9.17) is 9.47 Å². The number of aliphatic hydroxyl groups is 1. The topological polar surface area (TPSA) is 50.7 Å². The van der Waals surface area contributed by atoms with Gasteiger partial charge in [-0.15, -0.1) is 0 Å². The molecule has 1 aliphatic carbocycles. The van der Waals surface area contributed by atoms with Gasteiger partial charge in [0.15, 0.2) is 0 Å². The number of hydrogen-bond acceptors (Lipinski definition) is 4. The zero-order valence-electron chi connectivity index (χ0n) is 12.2. The Bertz CT molecular complexity index is 389. The maximum atomic E-state index is 9.52. The summed E-state index contributed by atoms with van der Waals surface area (Å²) in [6, 6.07) is 8.82. The Morgan fingerprint density at radius 2 is 2.00 bits per heavy atom. The van der Waals surface area contributed by atoms with Gasteiger partial charge in [-0.25, -0.2) is 0 Å². The van der Waals surface area contributed by atoms with Gasteiger partial charge in [0.25, 0.3) is 0 Å². The molecule has 1 fully saturated rings. The molecule has 20 heavy (non-hydrogen) atoms. The summed E-state index contributed by atoms with van der Waals surface area (Å²) in [5.41, 5.74) is 2.31. The minimum atomic E-state index is -0.103. The summed E-state index contributed by atoms with van der Waals surface area (Å²) >= 11 is 0. The van der Waals surface area contributed by atoms with Crippen LogP contribution in [0.2, 0.25) is 0 Å². The van der Waals surface area contributed by atoms with Crippen molar-refractivity contribution in [2.75, 3.05) is 25.6 Å². The molecule has 0 spiro atoms. The summed E-state index contributed by atoms with van der Waals surface area (Å²) < 4.78 is 10.5. The summed E-state index contributed by atoms with van der Waals surface area (Å²) in [5, 5.41) is 13.1. The smallest absolute Gasteiger partial charge is 0.0718 e. The summed E-state index contributed by atoms with van der Waals surface area (Å²) in [7, 11) is 1.68. The monoisotopic (exact) mass is 279 g/mol. The molecule has 1 aliphatic rings. The van der Waals surface area contributed by atoms with Gasteiger partial charge in [0.2, 0.25) is 0 Å². The first-order valence-electron chi connectivity index (χ1n) is 7.38. The number of anilines is 1. The second-order valence-electron chi connectivity index (χ2n) is 5.40. The van der Waals surface area contributed by atoms with Gasteiger partial charge in [0.05, 0.1) is 25.9 Å². The average Bonchev–Trinajstić information content (AvgIpc) is 2.47. The average molecular weight is 279 g/mol. The highest BCUT2D eigenvalue weighted by molar-refractivity contribution is 5.46. The van der Waals surface area contributed by atoms with E-state index >= 15 is 0 Å². The van der Waals surface area contributed by atoms with E-state index in [2.05, 4.69) is 29.6 Å². The Morgan fingerprint density at radius 1 is 1.20 bits per heavy atom. The molecule has 0 atom stereocenters. The Morgan fingerprint density at radius 3 is 2.75 bits per heavy atom. The van der Waals surface area contributed by atoms with Crippen LogP contribution in [0.1, 0.15) is 31.2 Å². The van der Waals surface area contributed by atoms with Crippen LogP contribution >= 0.6 is 0 Å². The van der Waals surface area contributed by atoms with E-state index in [0.29, 0.717) is 25.9 Å². The summed E-state index contributed by atoms with van der Waals surface area (Å²) in [4.78, 5) is 0. The molecule has 2 N–H and O–H groups in total. The zero-order chi connectivity index (χ0) is 14.2. The minimum absolute atomic E-state index is 0.103. The van der Waals surface area contributed by atoms with E-state index < -0.39 is 0 Å². The van der Waals surface area contributed by atoms with E-state index in [0.717, 1.165) is 31.4 Å². The third-order valence-corrected chi connectivity index (χ3v) is 3.70. The highest BCUT2D eigenvalue weighted by Crippen LogP contribution is 2.22. The summed E-state index contributed by atoms with van der Waals surface area (Å²) in [6.45, 7) is 1.86. The van der Waals surface area contributed by atoms with Crippen LogP contribution in [0.25, 0.3) is 0 Å². The molecule has 2 rings (SSSR count). The van der Waals surface area contributed by atoms with Gasteiger partial charge in [-0.3, -0.25) is 0 Å². The molecule has 0 aliphatic heterocycles. The molecule has 1 saturated carbocycles. The number of aliphatic hydroxyl groups excluding tert-OH is 1.